The van der Waals surface area contributed by atoms with Crippen LogP contribution in [-0.2, 0) is 6.42 Å². The highest BCUT2D eigenvalue weighted by molar-refractivity contribution is 5.93. The average Bonchev–Trinajstić information content (AvgIpc) is 3.10. The summed E-state index contributed by atoms with van der Waals surface area (Å²) in [5, 5.41) is 10.4. The topological polar surface area (TPSA) is 86.8 Å². The van der Waals surface area contributed by atoms with E-state index in [1.165, 1.54) is 11.3 Å². The van der Waals surface area contributed by atoms with Gasteiger partial charge in [-0.15, -0.1) is 0 Å². The number of hydrogen-bond acceptors (Lipinski definition) is 5. The molecule has 0 aromatic carbocycles. The van der Waals surface area contributed by atoms with Crippen molar-refractivity contribution >= 4 is 11.9 Å². The highest BCUT2D eigenvalue weighted by atomic mass is 16.2. The van der Waals surface area contributed by atoms with Crippen molar-refractivity contribution in [3.05, 3.63) is 35.4 Å². The second-order valence-electron chi connectivity index (χ2n) is 6.85. The van der Waals surface area contributed by atoms with Crippen LogP contribution in [0.4, 0.5) is 5.95 Å². The Balaban J connectivity index is 1.69. The molecule has 0 unspecified atom stereocenters. The maximum atomic E-state index is 12.8. The predicted octanol–water partition coefficient (Wildman–Crippen LogP) is 2.60. The van der Waals surface area contributed by atoms with Crippen LogP contribution in [0.15, 0.2) is 18.6 Å². The summed E-state index contributed by atoms with van der Waals surface area (Å²) >= 11 is 0. The summed E-state index contributed by atoms with van der Waals surface area (Å²) in [5.41, 5.74) is 2.95. The predicted molar refractivity (Wildman–Crippen MR) is 96.6 cm³/mol. The third kappa shape index (κ3) is 3.97. The monoisotopic (exact) mass is 342 g/mol. The number of piperidine rings is 1. The molecule has 1 aliphatic heterocycles. The molecule has 7 heteroatoms. The Kier molecular flexibility index (Phi) is 5.31. The summed E-state index contributed by atoms with van der Waals surface area (Å²) in [4.78, 5) is 23.2. The Morgan fingerprint density at radius 2 is 2.12 bits per heavy atom. The molecule has 134 valence electrons. The van der Waals surface area contributed by atoms with Gasteiger partial charge in [0.1, 0.15) is 0 Å². The summed E-state index contributed by atoms with van der Waals surface area (Å²) in [6.07, 6.45) is 8.13. The van der Waals surface area contributed by atoms with E-state index in [-0.39, 0.29) is 11.9 Å². The first kappa shape index (κ1) is 17.4. The standard InChI is InChI=1S/C18H26N6O/c1-4-13-10-21-23-16(13)14-6-5-7-24(11-14)17(25)15-8-19-18(20-9-15)22-12(2)3/h8-10,12,14H,4-7,11H2,1-3H3,(H,21,23)(H,19,20,22)/t14-/m0/s1. The molecule has 0 saturated carbocycles. The number of rotatable bonds is 5. The maximum Gasteiger partial charge on any atom is 0.257 e. The smallest absolute Gasteiger partial charge is 0.257 e. The first-order chi connectivity index (χ1) is 12.1. The van der Waals surface area contributed by atoms with Crippen LogP contribution in [-0.4, -0.2) is 50.1 Å². The molecule has 1 aliphatic rings. The number of aromatic amines is 1. The SMILES string of the molecule is CCc1cn[nH]c1[C@H]1CCCN(C(=O)c2cnc(NC(C)C)nc2)C1. The van der Waals surface area contributed by atoms with E-state index in [4.69, 9.17) is 0 Å². The van der Waals surface area contributed by atoms with Crippen molar-refractivity contribution in [3.63, 3.8) is 0 Å². The fourth-order valence-corrected chi connectivity index (χ4v) is 3.31. The van der Waals surface area contributed by atoms with Gasteiger partial charge >= 0.3 is 0 Å². The van der Waals surface area contributed by atoms with Crippen molar-refractivity contribution in [2.24, 2.45) is 0 Å². The molecule has 0 bridgehead atoms. The van der Waals surface area contributed by atoms with Gasteiger partial charge in [-0.3, -0.25) is 9.89 Å². The number of anilines is 1. The summed E-state index contributed by atoms with van der Waals surface area (Å²) in [6, 6.07) is 0.256. The molecule has 0 aliphatic carbocycles. The Hall–Kier alpha value is -2.44. The fraction of sp³-hybridized carbons (Fsp3) is 0.556. The number of hydrogen-bond donors (Lipinski definition) is 2. The zero-order valence-electron chi connectivity index (χ0n) is 15.1. The molecule has 1 amide bonds. The molecule has 0 radical (unpaired) electrons. The molecule has 3 heterocycles. The summed E-state index contributed by atoms with van der Waals surface area (Å²) in [5.74, 6) is 0.865. The van der Waals surface area contributed by atoms with Crippen molar-refractivity contribution in [2.45, 2.75) is 52.0 Å². The van der Waals surface area contributed by atoms with Gasteiger partial charge in [0.25, 0.3) is 5.91 Å². The lowest BCUT2D eigenvalue weighted by molar-refractivity contribution is 0.0704. The quantitative estimate of drug-likeness (QED) is 0.872. The number of carbonyl (C=O) groups excluding carboxylic acids is 1. The van der Waals surface area contributed by atoms with E-state index < -0.39 is 0 Å². The van der Waals surface area contributed by atoms with Crippen molar-refractivity contribution in [2.75, 3.05) is 18.4 Å². The second-order valence-corrected chi connectivity index (χ2v) is 6.85. The Morgan fingerprint density at radius 1 is 1.36 bits per heavy atom. The number of aryl methyl sites for hydroxylation is 1. The number of nitrogens with zero attached hydrogens (tertiary/aromatic N) is 4. The number of amides is 1. The molecule has 2 aromatic heterocycles. The van der Waals surface area contributed by atoms with Crippen molar-refractivity contribution in [1.82, 2.24) is 25.1 Å². The van der Waals surface area contributed by atoms with Crippen LogP contribution in [0, 0.1) is 0 Å². The maximum absolute atomic E-state index is 12.8. The molecule has 1 saturated heterocycles. The van der Waals surface area contributed by atoms with Crippen LogP contribution in [0.1, 0.15) is 61.1 Å². The average molecular weight is 342 g/mol. The van der Waals surface area contributed by atoms with Gasteiger partial charge in [0.05, 0.1) is 11.8 Å². The molecule has 7 nitrogen and oxygen atoms in total. The van der Waals surface area contributed by atoms with Crippen LogP contribution in [0.2, 0.25) is 0 Å². The van der Waals surface area contributed by atoms with Crippen LogP contribution < -0.4 is 5.32 Å². The van der Waals surface area contributed by atoms with Crippen LogP contribution in [0.25, 0.3) is 0 Å². The van der Waals surface area contributed by atoms with E-state index in [2.05, 4.69) is 32.4 Å². The summed E-state index contributed by atoms with van der Waals surface area (Å²) in [7, 11) is 0. The normalized spacial score (nSPS) is 17.8. The van der Waals surface area contributed by atoms with Crippen LogP contribution in [0.5, 0.6) is 0 Å². The first-order valence-corrected chi connectivity index (χ1v) is 8.98. The fourth-order valence-electron chi connectivity index (χ4n) is 3.31. The molecule has 2 aromatic rings. The third-order valence-corrected chi connectivity index (χ3v) is 4.57. The third-order valence-electron chi connectivity index (χ3n) is 4.57. The minimum absolute atomic E-state index is 0.00152. The van der Waals surface area contributed by atoms with Gasteiger partial charge in [0.15, 0.2) is 0 Å². The van der Waals surface area contributed by atoms with Crippen LogP contribution in [0.3, 0.4) is 0 Å². The number of H-pyrrole nitrogens is 1. The number of aromatic nitrogens is 4. The Morgan fingerprint density at radius 3 is 2.80 bits per heavy atom. The van der Waals surface area contributed by atoms with Crippen molar-refractivity contribution in [3.8, 4) is 0 Å². The van der Waals surface area contributed by atoms with E-state index in [1.807, 2.05) is 24.9 Å². The van der Waals surface area contributed by atoms with Gasteiger partial charge in [0, 0.05) is 43.1 Å². The molecule has 25 heavy (non-hydrogen) atoms. The van der Waals surface area contributed by atoms with Gasteiger partial charge < -0.3 is 10.2 Å². The zero-order valence-corrected chi connectivity index (χ0v) is 15.1. The van der Waals surface area contributed by atoms with Gasteiger partial charge in [-0.05, 0) is 38.7 Å². The van der Waals surface area contributed by atoms with Gasteiger partial charge in [-0.25, -0.2) is 9.97 Å². The van der Waals surface area contributed by atoms with E-state index in [0.29, 0.717) is 24.0 Å². The molecular weight excluding hydrogens is 316 g/mol. The minimum Gasteiger partial charge on any atom is -0.352 e. The Bertz CT molecular complexity index is 709. The lowest BCUT2D eigenvalue weighted by Gasteiger charge is -2.32. The zero-order chi connectivity index (χ0) is 17.8. The second kappa shape index (κ2) is 7.63. The highest BCUT2D eigenvalue weighted by Crippen LogP contribution is 2.28. The molecule has 1 fully saturated rings. The number of nitrogens with one attached hydrogen (secondary N) is 2. The molecule has 1 atom stereocenters. The number of carbonyl (C=O) groups is 1. The summed E-state index contributed by atoms with van der Waals surface area (Å²) in [6.45, 7) is 7.66. The van der Waals surface area contributed by atoms with E-state index in [9.17, 15) is 4.79 Å². The number of likely N-dealkylation sites (tertiary alicyclic amines) is 1. The lowest BCUT2D eigenvalue weighted by atomic mass is 9.91. The molecule has 3 rings (SSSR count). The van der Waals surface area contributed by atoms with Gasteiger partial charge in [0.2, 0.25) is 5.95 Å². The first-order valence-electron chi connectivity index (χ1n) is 8.98. The van der Waals surface area contributed by atoms with Gasteiger partial charge in [-0.1, -0.05) is 6.92 Å². The van der Waals surface area contributed by atoms with Gasteiger partial charge in [-0.2, -0.15) is 5.10 Å². The van der Waals surface area contributed by atoms with Crippen molar-refractivity contribution < 1.29 is 4.79 Å². The Labute approximate surface area is 148 Å². The van der Waals surface area contributed by atoms with Crippen LogP contribution >= 0.6 is 0 Å². The minimum atomic E-state index is -0.00152. The van der Waals surface area contributed by atoms with E-state index >= 15 is 0 Å². The largest absolute Gasteiger partial charge is 0.352 e. The highest BCUT2D eigenvalue weighted by Gasteiger charge is 2.27. The lowest BCUT2D eigenvalue weighted by Crippen LogP contribution is -2.39. The molecule has 2 N–H and O–H groups in total. The van der Waals surface area contributed by atoms with E-state index in [0.717, 1.165) is 25.8 Å². The molecule has 0 spiro atoms. The van der Waals surface area contributed by atoms with E-state index in [1.54, 1.807) is 12.4 Å². The van der Waals surface area contributed by atoms with Crippen molar-refractivity contribution in [1.29, 1.82) is 0 Å². The molecular formula is C18H26N6O. The summed E-state index contributed by atoms with van der Waals surface area (Å²) < 4.78 is 0.